The zero-order valence-corrected chi connectivity index (χ0v) is 11.1. The van der Waals surface area contributed by atoms with Crippen LogP contribution in [0.5, 0.6) is 0 Å². The lowest BCUT2D eigenvalue weighted by atomic mass is 9.99. The largest absolute Gasteiger partial charge is 0.316 e. The Morgan fingerprint density at radius 3 is 3.06 bits per heavy atom. The van der Waals surface area contributed by atoms with Crippen LogP contribution in [-0.4, -0.2) is 36.6 Å². The van der Waals surface area contributed by atoms with Crippen LogP contribution in [0.3, 0.4) is 0 Å². The molecule has 1 atom stereocenters. The SMILES string of the molecule is CN(Cc1ccc(Cl)nc1)CC1CCCNC1. The summed E-state index contributed by atoms with van der Waals surface area (Å²) in [5.74, 6) is 0.786. The molecule has 1 aliphatic heterocycles. The average Bonchev–Trinajstić information content (AvgIpc) is 2.33. The van der Waals surface area contributed by atoms with E-state index in [-0.39, 0.29) is 0 Å². The van der Waals surface area contributed by atoms with E-state index in [1.165, 1.54) is 24.9 Å². The van der Waals surface area contributed by atoms with E-state index < -0.39 is 0 Å². The molecule has 1 aromatic heterocycles. The normalized spacial score (nSPS) is 20.8. The summed E-state index contributed by atoms with van der Waals surface area (Å²) in [6.45, 7) is 4.43. The molecule has 0 saturated carbocycles. The zero-order chi connectivity index (χ0) is 12.1. The fraction of sp³-hybridized carbons (Fsp3) is 0.615. The number of hydrogen-bond donors (Lipinski definition) is 1. The van der Waals surface area contributed by atoms with Crippen molar-refractivity contribution < 1.29 is 0 Å². The molecule has 1 aliphatic rings. The van der Waals surface area contributed by atoms with Gasteiger partial charge in [-0.05, 0) is 50.5 Å². The lowest BCUT2D eigenvalue weighted by Crippen LogP contribution is -2.36. The van der Waals surface area contributed by atoms with Crippen LogP contribution < -0.4 is 5.32 Å². The second-order valence-electron chi connectivity index (χ2n) is 4.90. The molecule has 1 N–H and O–H groups in total. The highest BCUT2D eigenvalue weighted by atomic mass is 35.5. The highest BCUT2D eigenvalue weighted by molar-refractivity contribution is 6.29. The van der Waals surface area contributed by atoms with E-state index in [0.29, 0.717) is 5.15 Å². The number of aromatic nitrogens is 1. The Balaban J connectivity index is 1.79. The van der Waals surface area contributed by atoms with Gasteiger partial charge in [0.05, 0.1) is 0 Å². The molecule has 0 aromatic carbocycles. The maximum atomic E-state index is 5.77. The number of halogens is 1. The predicted octanol–water partition coefficient (Wildman–Crippen LogP) is 2.17. The molecular formula is C13H20ClN3. The Morgan fingerprint density at radius 2 is 2.41 bits per heavy atom. The third kappa shape index (κ3) is 4.26. The van der Waals surface area contributed by atoms with Crippen molar-refractivity contribution in [1.82, 2.24) is 15.2 Å². The van der Waals surface area contributed by atoms with E-state index in [0.717, 1.165) is 25.6 Å². The van der Waals surface area contributed by atoms with E-state index in [1.54, 1.807) is 0 Å². The van der Waals surface area contributed by atoms with Gasteiger partial charge in [-0.2, -0.15) is 0 Å². The second kappa shape index (κ2) is 6.34. The van der Waals surface area contributed by atoms with Gasteiger partial charge in [0.2, 0.25) is 0 Å². The summed E-state index contributed by atoms with van der Waals surface area (Å²) in [4.78, 5) is 6.47. The highest BCUT2D eigenvalue weighted by Gasteiger charge is 2.14. The van der Waals surface area contributed by atoms with Crippen LogP contribution in [0.4, 0.5) is 0 Å². The van der Waals surface area contributed by atoms with Gasteiger partial charge in [0.1, 0.15) is 5.15 Å². The number of hydrogen-bond acceptors (Lipinski definition) is 3. The first-order valence-corrected chi connectivity index (χ1v) is 6.61. The Morgan fingerprint density at radius 1 is 1.53 bits per heavy atom. The molecule has 0 amide bonds. The summed E-state index contributed by atoms with van der Waals surface area (Å²) in [6, 6.07) is 3.90. The van der Waals surface area contributed by atoms with Gasteiger partial charge in [-0.1, -0.05) is 17.7 Å². The van der Waals surface area contributed by atoms with Crippen molar-refractivity contribution in [2.24, 2.45) is 5.92 Å². The summed E-state index contributed by atoms with van der Waals surface area (Å²) < 4.78 is 0. The quantitative estimate of drug-likeness (QED) is 0.834. The van der Waals surface area contributed by atoms with Crippen molar-refractivity contribution in [2.75, 3.05) is 26.7 Å². The van der Waals surface area contributed by atoms with Gasteiger partial charge >= 0.3 is 0 Å². The van der Waals surface area contributed by atoms with Crippen LogP contribution in [0.25, 0.3) is 0 Å². The van der Waals surface area contributed by atoms with Gasteiger partial charge < -0.3 is 10.2 Å². The van der Waals surface area contributed by atoms with E-state index in [1.807, 2.05) is 18.3 Å². The van der Waals surface area contributed by atoms with Gasteiger partial charge in [0.15, 0.2) is 0 Å². The van der Waals surface area contributed by atoms with Gasteiger partial charge in [-0.15, -0.1) is 0 Å². The molecule has 0 spiro atoms. The standard InChI is InChI=1S/C13H20ClN3/c1-17(9-11-3-2-6-15-7-11)10-12-4-5-13(14)16-8-12/h4-5,8,11,15H,2-3,6-7,9-10H2,1H3. The van der Waals surface area contributed by atoms with E-state index >= 15 is 0 Å². The molecule has 2 rings (SSSR count). The molecule has 0 bridgehead atoms. The van der Waals surface area contributed by atoms with Gasteiger partial charge in [0, 0.05) is 19.3 Å². The van der Waals surface area contributed by atoms with Crippen molar-refractivity contribution in [2.45, 2.75) is 19.4 Å². The first-order valence-electron chi connectivity index (χ1n) is 6.24. The number of pyridine rings is 1. The topological polar surface area (TPSA) is 28.2 Å². The zero-order valence-electron chi connectivity index (χ0n) is 10.3. The Bertz CT molecular complexity index is 333. The molecule has 4 heteroatoms. The van der Waals surface area contributed by atoms with E-state index in [9.17, 15) is 0 Å². The van der Waals surface area contributed by atoms with Crippen molar-refractivity contribution in [3.05, 3.63) is 29.0 Å². The summed E-state index contributed by atoms with van der Waals surface area (Å²) in [5.41, 5.74) is 1.22. The second-order valence-corrected chi connectivity index (χ2v) is 5.29. The summed E-state index contributed by atoms with van der Waals surface area (Å²) in [6.07, 6.45) is 4.51. The minimum absolute atomic E-state index is 0.563. The molecule has 1 aromatic rings. The van der Waals surface area contributed by atoms with E-state index in [2.05, 4.69) is 22.2 Å². The van der Waals surface area contributed by atoms with Crippen LogP contribution in [0.1, 0.15) is 18.4 Å². The number of nitrogens with one attached hydrogen (secondary N) is 1. The maximum absolute atomic E-state index is 5.77. The molecule has 1 unspecified atom stereocenters. The van der Waals surface area contributed by atoms with Crippen molar-refractivity contribution in [1.29, 1.82) is 0 Å². The molecule has 17 heavy (non-hydrogen) atoms. The Kier molecular flexibility index (Phi) is 4.77. The summed E-state index contributed by atoms with van der Waals surface area (Å²) in [7, 11) is 2.17. The molecule has 2 heterocycles. The first-order chi connectivity index (χ1) is 8.24. The molecule has 94 valence electrons. The molecule has 0 radical (unpaired) electrons. The molecule has 0 aliphatic carbocycles. The Labute approximate surface area is 108 Å². The lowest BCUT2D eigenvalue weighted by molar-refractivity contribution is 0.237. The number of piperidine rings is 1. The van der Waals surface area contributed by atoms with Gasteiger partial charge in [-0.3, -0.25) is 0 Å². The smallest absolute Gasteiger partial charge is 0.129 e. The third-order valence-electron chi connectivity index (χ3n) is 3.21. The van der Waals surface area contributed by atoms with Crippen LogP contribution in [0.2, 0.25) is 5.15 Å². The fourth-order valence-corrected chi connectivity index (χ4v) is 2.51. The van der Waals surface area contributed by atoms with Gasteiger partial charge in [-0.25, -0.2) is 4.98 Å². The molecule has 1 fully saturated rings. The number of nitrogens with zero attached hydrogens (tertiary/aromatic N) is 2. The number of rotatable bonds is 4. The molecule has 1 saturated heterocycles. The minimum Gasteiger partial charge on any atom is -0.316 e. The van der Waals surface area contributed by atoms with Crippen molar-refractivity contribution in [3.63, 3.8) is 0 Å². The average molecular weight is 254 g/mol. The predicted molar refractivity (Wildman–Crippen MR) is 71.2 cm³/mol. The van der Waals surface area contributed by atoms with Crippen LogP contribution in [-0.2, 0) is 6.54 Å². The fourth-order valence-electron chi connectivity index (χ4n) is 2.40. The summed E-state index contributed by atoms with van der Waals surface area (Å²) in [5, 5.41) is 4.02. The third-order valence-corrected chi connectivity index (χ3v) is 3.43. The Hall–Kier alpha value is -0.640. The first kappa shape index (κ1) is 12.8. The maximum Gasteiger partial charge on any atom is 0.129 e. The van der Waals surface area contributed by atoms with Crippen molar-refractivity contribution >= 4 is 11.6 Å². The lowest BCUT2D eigenvalue weighted by Gasteiger charge is -2.27. The van der Waals surface area contributed by atoms with E-state index in [4.69, 9.17) is 11.6 Å². The molecule has 3 nitrogen and oxygen atoms in total. The van der Waals surface area contributed by atoms with Crippen LogP contribution in [0.15, 0.2) is 18.3 Å². The van der Waals surface area contributed by atoms with Gasteiger partial charge in [0.25, 0.3) is 0 Å². The van der Waals surface area contributed by atoms with Crippen LogP contribution in [0, 0.1) is 5.92 Å². The molecular weight excluding hydrogens is 234 g/mol. The van der Waals surface area contributed by atoms with Crippen LogP contribution >= 0.6 is 11.6 Å². The minimum atomic E-state index is 0.563. The highest BCUT2D eigenvalue weighted by Crippen LogP contribution is 2.13. The summed E-state index contributed by atoms with van der Waals surface area (Å²) >= 11 is 5.77. The van der Waals surface area contributed by atoms with Crippen molar-refractivity contribution in [3.8, 4) is 0 Å². The monoisotopic (exact) mass is 253 g/mol.